The third-order valence-corrected chi connectivity index (χ3v) is 5.07. The van der Waals surface area contributed by atoms with Crippen LogP contribution >= 0.6 is 0 Å². The highest BCUT2D eigenvalue weighted by Gasteiger charge is 2.30. The van der Waals surface area contributed by atoms with Gasteiger partial charge in [0.25, 0.3) is 0 Å². The van der Waals surface area contributed by atoms with Gasteiger partial charge in [0, 0.05) is 12.3 Å². The van der Waals surface area contributed by atoms with Crippen molar-refractivity contribution in [2.45, 2.75) is 46.0 Å². The molecule has 0 N–H and O–H groups in total. The Hall–Kier alpha value is -1.31. The van der Waals surface area contributed by atoms with Crippen molar-refractivity contribution in [3.05, 3.63) is 29.3 Å². The number of rotatable bonds is 3. The summed E-state index contributed by atoms with van der Waals surface area (Å²) in [6.07, 6.45) is 5.43. The van der Waals surface area contributed by atoms with Crippen LogP contribution in [0.4, 0.5) is 0 Å². The SMILES string of the molecule is CC(C)C1CCC(C(=O)c2cccc3c2OCC3)CC1. The van der Waals surface area contributed by atoms with E-state index in [1.54, 1.807) is 0 Å². The Bertz CT molecular complexity index is 496. The Labute approximate surface area is 121 Å². The molecule has 0 saturated heterocycles. The van der Waals surface area contributed by atoms with E-state index in [0.29, 0.717) is 5.78 Å². The van der Waals surface area contributed by atoms with E-state index in [2.05, 4.69) is 19.9 Å². The number of carbonyl (C=O) groups excluding carboxylic acids is 1. The summed E-state index contributed by atoms with van der Waals surface area (Å²) in [4.78, 5) is 12.8. The maximum absolute atomic E-state index is 12.8. The van der Waals surface area contributed by atoms with E-state index in [4.69, 9.17) is 4.74 Å². The van der Waals surface area contributed by atoms with E-state index in [1.807, 2.05) is 12.1 Å². The van der Waals surface area contributed by atoms with E-state index in [1.165, 1.54) is 18.4 Å². The first-order chi connectivity index (χ1) is 9.66. The van der Waals surface area contributed by atoms with Gasteiger partial charge in [0.1, 0.15) is 5.75 Å². The molecule has 1 aromatic rings. The van der Waals surface area contributed by atoms with Crippen LogP contribution in [-0.4, -0.2) is 12.4 Å². The fourth-order valence-electron chi connectivity index (χ4n) is 3.68. The van der Waals surface area contributed by atoms with E-state index >= 15 is 0 Å². The molecule has 1 aliphatic carbocycles. The molecule has 108 valence electrons. The summed E-state index contributed by atoms with van der Waals surface area (Å²) in [6, 6.07) is 6.02. The number of hydrogen-bond acceptors (Lipinski definition) is 2. The van der Waals surface area contributed by atoms with E-state index in [0.717, 1.165) is 49.0 Å². The quantitative estimate of drug-likeness (QED) is 0.768. The number of ketones is 1. The van der Waals surface area contributed by atoms with Gasteiger partial charge >= 0.3 is 0 Å². The lowest BCUT2D eigenvalue weighted by molar-refractivity contribution is 0.0856. The van der Waals surface area contributed by atoms with Gasteiger partial charge in [-0.25, -0.2) is 0 Å². The molecule has 0 atom stereocenters. The Morgan fingerprint density at radius 2 is 1.95 bits per heavy atom. The summed E-state index contributed by atoms with van der Waals surface area (Å²) in [7, 11) is 0. The standard InChI is InChI=1S/C18H24O2/c1-12(2)13-6-8-14(9-7-13)17(19)16-5-3-4-15-10-11-20-18(15)16/h3-5,12-14H,6-11H2,1-2H3. The molecule has 1 saturated carbocycles. The molecule has 0 aromatic heterocycles. The van der Waals surface area contributed by atoms with E-state index < -0.39 is 0 Å². The second-order valence-corrected chi connectivity index (χ2v) is 6.61. The number of ether oxygens (including phenoxy) is 1. The van der Waals surface area contributed by atoms with Gasteiger partial charge in [-0.05, 0) is 49.1 Å². The monoisotopic (exact) mass is 272 g/mol. The highest BCUT2D eigenvalue weighted by Crippen LogP contribution is 2.37. The van der Waals surface area contributed by atoms with Crippen molar-refractivity contribution in [3.8, 4) is 5.75 Å². The Kier molecular flexibility index (Phi) is 3.82. The van der Waals surface area contributed by atoms with Crippen LogP contribution in [0.15, 0.2) is 18.2 Å². The second kappa shape index (κ2) is 5.59. The Morgan fingerprint density at radius 3 is 2.65 bits per heavy atom. The molecule has 2 nitrogen and oxygen atoms in total. The van der Waals surface area contributed by atoms with Crippen molar-refractivity contribution in [1.82, 2.24) is 0 Å². The number of benzene rings is 1. The zero-order valence-corrected chi connectivity index (χ0v) is 12.5. The smallest absolute Gasteiger partial charge is 0.169 e. The molecule has 0 bridgehead atoms. The number of hydrogen-bond donors (Lipinski definition) is 0. The normalized spacial score (nSPS) is 25.4. The van der Waals surface area contributed by atoms with Crippen molar-refractivity contribution in [2.75, 3.05) is 6.61 Å². The average molecular weight is 272 g/mol. The molecule has 0 amide bonds. The maximum Gasteiger partial charge on any atom is 0.169 e. The first kappa shape index (κ1) is 13.7. The first-order valence-electron chi connectivity index (χ1n) is 7.95. The molecular weight excluding hydrogens is 248 g/mol. The average Bonchev–Trinajstić information content (AvgIpc) is 2.95. The van der Waals surface area contributed by atoms with Crippen molar-refractivity contribution < 1.29 is 9.53 Å². The highest BCUT2D eigenvalue weighted by atomic mass is 16.5. The van der Waals surface area contributed by atoms with Crippen molar-refractivity contribution in [3.63, 3.8) is 0 Å². The van der Waals surface area contributed by atoms with Gasteiger partial charge in [0.2, 0.25) is 0 Å². The van der Waals surface area contributed by atoms with Crippen LogP contribution in [0.5, 0.6) is 5.75 Å². The molecule has 1 aromatic carbocycles. The summed E-state index contributed by atoms with van der Waals surface area (Å²) in [5.74, 6) is 2.93. The molecule has 0 radical (unpaired) electrons. The zero-order chi connectivity index (χ0) is 14.1. The van der Waals surface area contributed by atoms with Crippen LogP contribution in [0.1, 0.15) is 55.5 Å². The fraction of sp³-hybridized carbons (Fsp3) is 0.611. The van der Waals surface area contributed by atoms with Gasteiger partial charge < -0.3 is 4.74 Å². The third kappa shape index (κ3) is 2.48. The number of Topliss-reactive ketones (excluding diaryl/α,β-unsaturated/α-hetero) is 1. The summed E-state index contributed by atoms with van der Waals surface area (Å²) in [5.41, 5.74) is 2.03. The van der Waals surface area contributed by atoms with Crippen molar-refractivity contribution in [1.29, 1.82) is 0 Å². The number of fused-ring (bicyclic) bond motifs is 1. The van der Waals surface area contributed by atoms with Gasteiger partial charge in [-0.2, -0.15) is 0 Å². The lowest BCUT2D eigenvalue weighted by atomic mass is 9.74. The zero-order valence-electron chi connectivity index (χ0n) is 12.5. The maximum atomic E-state index is 12.8. The van der Waals surface area contributed by atoms with E-state index in [9.17, 15) is 4.79 Å². The van der Waals surface area contributed by atoms with Crippen molar-refractivity contribution >= 4 is 5.78 Å². The molecule has 0 spiro atoms. The summed E-state index contributed by atoms with van der Waals surface area (Å²) >= 11 is 0. The molecular formula is C18H24O2. The van der Waals surface area contributed by atoms with Crippen LogP contribution in [0.25, 0.3) is 0 Å². The fourth-order valence-corrected chi connectivity index (χ4v) is 3.68. The van der Waals surface area contributed by atoms with Gasteiger partial charge in [-0.1, -0.05) is 26.0 Å². The van der Waals surface area contributed by atoms with Crippen molar-refractivity contribution in [2.24, 2.45) is 17.8 Å². The van der Waals surface area contributed by atoms with Crippen LogP contribution in [0.3, 0.4) is 0 Å². The van der Waals surface area contributed by atoms with Crippen LogP contribution in [0.2, 0.25) is 0 Å². The van der Waals surface area contributed by atoms with Crippen LogP contribution in [-0.2, 0) is 6.42 Å². The number of para-hydroxylation sites is 1. The minimum Gasteiger partial charge on any atom is -0.492 e. The summed E-state index contributed by atoms with van der Waals surface area (Å²) in [5, 5.41) is 0. The second-order valence-electron chi connectivity index (χ2n) is 6.61. The summed E-state index contributed by atoms with van der Waals surface area (Å²) in [6.45, 7) is 5.31. The minimum absolute atomic E-state index is 0.209. The van der Waals surface area contributed by atoms with Crippen LogP contribution < -0.4 is 4.74 Å². The molecule has 1 aliphatic heterocycles. The molecule has 1 heterocycles. The highest BCUT2D eigenvalue weighted by molar-refractivity contribution is 6.00. The van der Waals surface area contributed by atoms with Crippen LogP contribution in [0, 0.1) is 17.8 Å². The first-order valence-corrected chi connectivity index (χ1v) is 7.95. The lowest BCUT2D eigenvalue weighted by Crippen LogP contribution is -2.24. The van der Waals surface area contributed by atoms with Gasteiger partial charge in [0.15, 0.2) is 5.78 Å². The van der Waals surface area contributed by atoms with Gasteiger partial charge in [0.05, 0.1) is 12.2 Å². The molecule has 2 aliphatic rings. The predicted molar refractivity (Wildman–Crippen MR) is 80.3 cm³/mol. The Balaban J connectivity index is 1.73. The predicted octanol–water partition coefficient (Wildman–Crippen LogP) is 4.27. The van der Waals surface area contributed by atoms with Gasteiger partial charge in [-0.3, -0.25) is 4.79 Å². The molecule has 0 unspecified atom stereocenters. The molecule has 3 rings (SSSR count). The van der Waals surface area contributed by atoms with Gasteiger partial charge in [-0.15, -0.1) is 0 Å². The topological polar surface area (TPSA) is 26.3 Å². The minimum atomic E-state index is 0.209. The number of carbonyl (C=O) groups is 1. The Morgan fingerprint density at radius 1 is 1.20 bits per heavy atom. The third-order valence-electron chi connectivity index (χ3n) is 5.07. The largest absolute Gasteiger partial charge is 0.492 e. The van der Waals surface area contributed by atoms with E-state index in [-0.39, 0.29) is 5.92 Å². The molecule has 20 heavy (non-hydrogen) atoms. The molecule has 2 heteroatoms. The summed E-state index contributed by atoms with van der Waals surface area (Å²) < 4.78 is 5.68. The molecule has 1 fully saturated rings. The lowest BCUT2D eigenvalue weighted by Gasteiger charge is -2.30.